The molecule has 0 aromatic heterocycles. The lowest BCUT2D eigenvalue weighted by molar-refractivity contribution is -0.119. The second-order valence-corrected chi connectivity index (χ2v) is 12.9. The third-order valence-corrected chi connectivity index (χ3v) is 9.71. The molecule has 2 aliphatic rings. The van der Waals surface area contributed by atoms with Gasteiger partial charge in [-0.05, 0) is 72.1 Å². The minimum absolute atomic E-state index is 0.0417. The second-order valence-electron chi connectivity index (χ2n) is 11.2. The summed E-state index contributed by atoms with van der Waals surface area (Å²) in [6.45, 7) is 0.367. The third-order valence-electron chi connectivity index (χ3n) is 8.28. The highest BCUT2D eigenvalue weighted by Gasteiger charge is 2.26. The van der Waals surface area contributed by atoms with Gasteiger partial charge in [-0.2, -0.15) is 0 Å². The highest BCUT2D eigenvalue weighted by molar-refractivity contribution is 7.90. The van der Waals surface area contributed by atoms with Crippen molar-refractivity contribution in [3.8, 4) is 11.1 Å². The molecule has 0 radical (unpaired) electrons. The fourth-order valence-corrected chi connectivity index (χ4v) is 7.19. The number of anilines is 1. The smallest absolute Gasteiger partial charge is 0.264 e. The van der Waals surface area contributed by atoms with Crippen LogP contribution in [0.15, 0.2) is 126 Å². The fourth-order valence-electron chi connectivity index (χ4n) is 5.94. The molecule has 222 valence electrons. The highest BCUT2D eigenvalue weighted by atomic mass is 32.2. The molecule has 4 aromatic carbocycles. The molecule has 0 fully saturated rings. The molecule has 2 amide bonds. The monoisotopic (exact) mass is 602 g/mol. The number of nitrogens with zero attached hydrogens (tertiary/aromatic N) is 1. The van der Waals surface area contributed by atoms with Crippen molar-refractivity contribution in [3.05, 3.63) is 144 Å². The van der Waals surface area contributed by atoms with E-state index in [0.29, 0.717) is 29.7 Å². The van der Waals surface area contributed by atoms with E-state index in [1.807, 2.05) is 95.9 Å². The van der Waals surface area contributed by atoms with E-state index in [4.69, 9.17) is 0 Å². The average Bonchev–Trinajstić information content (AvgIpc) is 3.05. The van der Waals surface area contributed by atoms with Crippen LogP contribution >= 0.6 is 0 Å². The van der Waals surface area contributed by atoms with E-state index in [1.54, 1.807) is 18.2 Å². The Morgan fingerprint density at radius 2 is 1.48 bits per heavy atom. The topological polar surface area (TPSA) is 83.6 Å². The van der Waals surface area contributed by atoms with Crippen LogP contribution in [0.1, 0.15) is 46.3 Å². The first kappa shape index (κ1) is 29.3. The number of sulfonamides is 1. The molecule has 1 heterocycles. The van der Waals surface area contributed by atoms with E-state index in [-0.39, 0.29) is 23.1 Å². The van der Waals surface area contributed by atoms with Crippen LogP contribution in [0, 0.1) is 5.92 Å². The molecule has 44 heavy (non-hydrogen) atoms. The Morgan fingerprint density at radius 3 is 2.25 bits per heavy atom. The molecule has 1 atom stereocenters. The molecule has 0 saturated carbocycles. The molecular weight excluding hydrogens is 568 g/mol. The van der Waals surface area contributed by atoms with E-state index in [2.05, 4.69) is 10.8 Å². The van der Waals surface area contributed by atoms with Gasteiger partial charge in [-0.15, -0.1) is 0 Å². The Hall–Kier alpha value is -4.75. The second kappa shape index (κ2) is 12.9. The molecule has 1 aliphatic heterocycles. The summed E-state index contributed by atoms with van der Waals surface area (Å²) in [7, 11) is -4.09. The molecule has 1 aliphatic carbocycles. The number of allylic oxidation sites excluding steroid dienone is 4. The van der Waals surface area contributed by atoms with Crippen LogP contribution < -0.4 is 9.62 Å². The summed E-state index contributed by atoms with van der Waals surface area (Å²) < 4.78 is 28.9. The van der Waals surface area contributed by atoms with Gasteiger partial charge in [0.05, 0.1) is 11.4 Å². The zero-order valence-corrected chi connectivity index (χ0v) is 25.2. The SMILES string of the molecule is O=C(CCC1C=CC=CC1)NS(=O)(=O)c1ccccc1-c1ccc(CN2C(=O)c3ccccc3CCc3ccccc32)cc1. The Kier molecular flexibility index (Phi) is 8.57. The first-order valence-electron chi connectivity index (χ1n) is 14.9. The van der Waals surface area contributed by atoms with Crippen molar-refractivity contribution in [1.82, 2.24) is 4.72 Å². The van der Waals surface area contributed by atoms with Crippen LogP contribution in [-0.2, 0) is 34.2 Å². The molecule has 0 spiro atoms. The van der Waals surface area contributed by atoms with Gasteiger partial charge < -0.3 is 4.90 Å². The van der Waals surface area contributed by atoms with Gasteiger partial charge in [0.1, 0.15) is 0 Å². The van der Waals surface area contributed by atoms with Crippen molar-refractivity contribution < 1.29 is 18.0 Å². The quantitative estimate of drug-likeness (QED) is 0.235. The summed E-state index contributed by atoms with van der Waals surface area (Å²) in [4.78, 5) is 28.3. The molecule has 1 N–H and O–H groups in total. The highest BCUT2D eigenvalue weighted by Crippen LogP contribution is 2.31. The summed E-state index contributed by atoms with van der Waals surface area (Å²) in [6, 6.07) is 30.1. The van der Waals surface area contributed by atoms with E-state index >= 15 is 0 Å². The lowest BCUT2D eigenvalue weighted by Gasteiger charge is -2.28. The maximum atomic E-state index is 13.8. The van der Waals surface area contributed by atoms with Crippen LogP contribution in [0.4, 0.5) is 5.69 Å². The molecular formula is C37H34N2O4S. The number of hydrogen-bond acceptors (Lipinski definition) is 4. The molecule has 7 heteroatoms. The number of nitrogens with one attached hydrogen (secondary N) is 1. The van der Waals surface area contributed by atoms with Crippen molar-refractivity contribution in [2.24, 2.45) is 5.92 Å². The molecule has 6 rings (SSSR count). The number of hydrogen-bond donors (Lipinski definition) is 1. The summed E-state index contributed by atoms with van der Waals surface area (Å²) >= 11 is 0. The first-order chi connectivity index (χ1) is 21.4. The number of fused-ring (bicyclic) bond motifs is 2. The normalized spacial score (nSPS) is 16.0. The van der Waals surface area contributed by atoms with E-state index in [1.165, 1.54) is 6.07 Å². The summed E-state index contributed by atoms with van der Waals surface area (Å²) in [6.07, 6.45) is 11.2. The van der Waals surface area contributed by atoms with Crippen LogP contribution in [0.25, 0.3) is 11.1 Å². The Labute approximate surface area is 258 Å². The van der Waals surface area contributed by atoms with Crippen molar-refractivity contribution in [2.45, 2.75) is 43.5 Å². The van der Waals surface area contributed by atoms with Crippen LogP contribution in [0.5, 0.6) is 0 Å². The molecule has 6 nitrogen and oxygen atoms in total. The summed E-state index contributed by atoms with van der Waals surface area (Å²) in [5.74, 6) is -0.325. The van der Waals surface area contributed by atoms with Crippen LogP contribution in [0.3, 0.4) is 0 Å². The number of amides is 2. The van der Waals surface area contributed by atoms with Crippen molar-refractivity contribution >= 4 is 27.5 Å². The number of rotatable bonds is 8. The minimum Gasteiger partial charge on any atom is -0.304 e. The number of aryl methyl sites for hydroxylation is 2. The van der Waals surface area contributed by atoms with Gasteiger partial charge in [-0.3, -0.25) is 9.59 Å². The van der Waals surface area contributed by atoms with E-state index in [9.17, 15) is 18.0 Å². The van der Waals surface area contributed by atoms with Gasteiger partial charge >= 0.3 is 0 Å². The maximum absolute atomic E-state index is 13.8. The number of para-hydroxylation sites is 1. The van der Waals surface area contributed by atoms with E-state index in [0.717, 1.165) is 41.6 Å². The van der Waals surface area contributed by atoms with Gasteiger partial charge in [-0.25, -0.2) is 13.1 Å². The Morgan fingerprint density at radius 1 is 0.795 bits per heavy atom. The van der Waals surface area contributed by atoms with Gasteiger partial charge in [0.25, 0.3) is 15.9 Å². The average molecular weight is 603 g/mol. The van der Waals surface area contributed by atoms with Crippen molar-refractivity contribution in [3.63, 3.8) is 0 Å². The predicted molar refractivity (Wildman–Crippen MR) is 174 cm³/mol. The maximum Gasteiger partial charge on any atom is 0.264 e. The predicted octanol–water partition coefficient (Wildman–Crippen LogP) is 7.02. The zero-order chi connectivity index (χ0) is 30.5. The minimum atomic E-state index is -4.09. The molecule has 4 aromatic rings. The van der Waals surface area contributed by atoms with Gasteiger partial charge in [0.2, 0.25) is 5.91 Å². The van der Waals surface area contributed by atoms with E-state index < -0.39 is 15.9 Å². The van der Waals surface area contributed by atoms with Gasteiger partial charge in [0.15, 0.2) is 0 Å². The Balaban J connectivity index is 1.22. The number of benzene rings is 4. The Bertz CT molecular complexity index is 1860. The molecule has 0 bridgehead atoms. The van der Waals surface area contributed by atoms with Crippen molar-refractivity contribution in [2.75, 3.05) is 4.90 Å². The van der Waals surface area contributed by atoms with Gasteiger partial charge in [0, 0.05) is 23.2 Å². The summed E-state index contributed by atoms with van der Waals surface area (Å²) in [5.41, 5.74) is 5.90. The lowest BCUT2D eigenvalue weighted by Crippen LogP contribution is -2.33. The lowest BCUT2D eigenvalue weighted by atomic mass is 9.94. The van der Waals surface area contributed by atoms with Crippen molar-refractivity contribution in [1.29, 1.82) is 0 Å². The zero-order valence-electron chi connectivity index (χ0n) is 24.4. The first-order valence-corrected chi connectivity index (χ1v) is 16.4. The van der Waals surface area contributed by atoms with Crippen LogP contribution in [0.2, 0.25) is 0 Å². The number of carbonyl (C=O) groups excluding carboxylic acids is 2. The number of carbonyl (C=O) groups is 2. The largest absolute Gasteiger partial charge is 0.304 e. The molecule has 1 unspecified atom stereocenters. The fraction of sp³-hybridized carbons (Fsp3) is 0.189. The summed E-state index contributed by atoms with van der Waals surface area (Å²) in [5, 5.41) is 0. The molecule has 0 saturated heterocycles. The van der Waals surface area contributed by atoms with Gasteiger partial charge in [-0.1, -0.05) is 103 Å². The van der Waals surface area contributed by atoms with Crippen LogP contribution in [-0.4, -0.2) is 20.2 Å². The third kappa shape index (κ3) is 6.43. The standard InChI is InChI=1S/C37H34N2O4S/c40-36(25-20-27-10-2-1-3-11-27)38-44(42,43)35-17-9-7-14-32(35)30-21-18-28(19-22-30)26-39-34-16-8-5-13-31(34)24-23-29-12-4-6-15-33(29)37(39)41/h1-10,12-19,21-22,27H,11,20,23-26H2,(H,38,40).